The molecule has 7 heteroatoms. The molecule has 1 aliphatic rings. The van der Waals surface area contributed by atoms with Gasteiger partial charge in [-0.25, -0.2) is 9.37 Å². The third kappa shape index (κ3) is 3.06. The number of carbonyl (C=O) groups excluding carboxylic acids is 1. The van der Waals surface area contributed by atoms with Gasteiger partial charge in [0.15, 0.2) is 5.13 Å². The molecule has 0 saturated heterocycles. The number of hydrogen-bond donors (Lipinski definition) is 0. The lowest BCUT2D eigenvalue weighted by atomic mass is 10.0. The first-order chi connectivity index (χ1) is 12.7. The molecule has 0 spiro atoms. The van der Waals surface area contributed by atoms with Crippen molar-refractivity contribution in [3.05, 3.63) is 59.9 Å². The number of fused-ring (bicyclic) bond motifs is 1. The Kier molecular flexibility index (Phi) is 4.38. The van der Waals surface area contributed by atoms with Crippen LogP contribution in [0.2, 0.25) is 0 Å². The number of benzene rings is 2. The lowest BCUT2D eigenvalue weighted by Gasteiger charge is -2.20. The second-order valence-electron chi connectivity index (χ2n) is 5.89. The molecule has 0 N–H and O–H groups in total. The van der Waals surface area contributed by atoms with Crippen molar-refractivity contribution >= 4 is 38.3 Å². The first-order valence-electron chi connectivity index (χ1n) is 8.31. The van der Waals surface area contributed by atoms with Crippen LogP contribution in [0.4, 0.5) is 9.52 Å². The van der Waals surface area contributed by atoms with Crippen LogP contribution in [-0.4, -0.2) is 29.3 Å². The molecule has 0 saturated carbocycles. The van der Waals surface area contributed by atoms with Gasteiger partial charge < -0.3 is 4.84 Å². The summed E-state index contributed by atoms with van der Waals surface area (Å²) < 4.78 is 14.4. The van der Waals surface area contributed by atoms with Crippen molar-refractivity contribution in [3.63, 3.8) is 0 Å². The number of oxime groups is 1. The fourth-order valence-electron chi connectivity index (χ4n) is 2.88. The molecular formula is C19H16FN3O2S. The van der Waals surface area contributed by atoms with E-state index in [4.69, 9.17) is 4.84 Å². The average molecular weight is 369 g/mol. The average Bonchev–Trinajstić information content (AvgIpc) is 3.29. The fourth-order valence-corrected chi connectivity index (χ4v) is 3.92. The van der Waals surface area contributed by atoms with E-state index in [2.05, 4.69) is 10.1 Å². The number of hydrogen-bond acceptors (Lipinski definition) is 5. The van der Waals surface area contributed by atoms with E-state index in [1.807, 2.05) is 31.2 Å². The lowest BCUT2D eigenvalue weighted by Crippen LogP contribution is -2.39. The molecule has 2 heterocycles. The van der Waals surface area contributed by atoms with Gasteiger partial charge in [-0.2, -0.15) is 0 Å². The molecular weight excluding hydrogens is 353 g/mol. The maximum absolute atomic E-state index is 13.4. The van der Waals surface area contributed by atoms with E-state index >= 15 is 0 Å². The molecule has 0 radical (unpaired) electrons. The minimum atomic E-state index is -0.722. The van der Waals surface area contributed by atoms with Gasteiger partial charge in [0, 0.05) is 18.5 Å². The highest BCUT2D eigenvalue weighted by Gasteiger charge is 2.33. The number of anilines is 1. The molecule has 0 aliphatic carbocycles. The Morgan fingerprint density at radius 1 is 1.31 bits per heavy atom. The van der Waals surface area contributed by atoms with E-state index in [0.717, 1.165) is 10.2 Å². The number of nitrogens with zero attached hydrogens (tertiary/aromatic N) is 3. The number of halogens is 1. The molecule has 3 aromatic rings. The van der Waals surface area contributed by atoms with Crippen molar-refractivity contribution < 1.29 is 14.0 Å². The zero-order chi connectivity index (χ0) is 18.1. The van der Waals surface area contributed by atoms with Gasteiger partial charge in [0.25, 0.3) is 5.91 Å². The van der Waals surface area contributed by atoms with Crippen LogP contribution in [0.15, 0.2) is 53.7 Å². The summed E-state index contributed by atoms with van der Waals surface area (Å²) in [7, 11) is 0. The van der Waals surface area contributed by atoms with Crippen LogP contribution in [-0.2, 0) is 9.63 Å². The van der Waals surface area contributed by atoms with Gasteiger partial charge in [-0.15, -0.1) is 0 Å². The third-order valence-corrected chi connectivity index (χ3v) is 5.26. The number of aromatic nitrogens is 1. The standard InChI is InChI=1S/C19H16FN3O2S/c1-2-23(19-21-14-8-3-4-9-17(14)26-19)18(24)16-11-15(22-25-16)12-6-5-7-13(20)10-12/h3-10,16H,2,11H2,1H3/t16-/m1/s1. The number of thiazole rings is 1. The molecule has 1 amide bonds. The maximum Gasteiger partial charge on any atom is 0.273 e. The predicted octanol–water partition coefficient (Wildman–Crippen LogP) is 3.98. The normalized spacial score (nSPS) is 16.4. The fraction of sp³-hybridized carbons (Fsp3) is 0.211. The second-order valence-corrected chi connectivity index (χ2v) is 6.90. The van der Waals surface area contributed by atoms with Gasteiger partial charge in [0.05, 0.1) is 15.9 Å². The van der Waals surface area contributed by atoms with E-state index in [0.29, 0.717) is 29.4 Å². The van der Waals surface area contributed by atoms with Gasteiger partial charge in [-0.05, 0) is 31.2 Å². The molecule has 5 nitrogen and oxygen atoms in total. The van der Waals surface area contributed by atoms with Gasteiger partial charge >= 0.3 is 0 Å². The van der Waals surface area contributed by atoms with Crippen LogP contribution >= 0.6 is 11.3 Å². The van der Waals surface area contributed by atoms with Crippen LogP contribution in [0.25, 0.3) is 10.2 Å². The van der Waals surface area contributed by atoms with Crippen molar-refractivity contribution in [2.45, 2.75) is 19.4 Å². The first-order valence-corrected chi connectivity index (χ1v) is 9.13. The van der Waals surface area contributed by atoms with Crippen molar-refractivity contribution in [2.24, 2.45) is 5.16 Å². The summed E-state index contributed by atoms with van der Waals surface area (Å²) in [6, 6.07) is 13.9. The highest BCUT2D eigenvalue weighted by Crippen LogP contribution is 2.30. The predicted molar refractivity (Wildman–Crippen MR) is 100 cm³/mol. The molecule has 4 rings (SSSR count). The number of amides is 1. The molecule has 0 fully saturated rings. The Morgan fingerprint density at radius 3 is 2.92 bits per heavy atom. The van der Waals surface area contributed by atoms with Crippen molar-refractivity contribution in [1.82, 2.24) is 4.98 Å². The van der Waals surface area contributed by atoms with Gasteiger partial charge in [-0.3, -0.25) is 9.69 Å². The summed E-state index contributed by atoms with van der Waals surface area (Å²) in [5, 5.41) is 4.63. The minimum absolute atomic E-state index is 0.193. The monoisotopic (exact) mass is 369 g/mol. The second kappa shape index (κ2) is 6.84. The Balaban J connectivity index is 1.53. The van der Waals surface area contributed by atoms with Crippen LogP contribution < -0.4 is 4.90 Å². The minimum Gasteiger partial charge on any atom is -0.382 e. The zero-order valence-corrected chi connectivity index (χ0v) is 14.9. The largest absolute Gasteiger partial charge is 0.382 e. The molecule has 2 aromatic carbocycles. The molecule has 132 valence electrons. The van der Waals surface area contributed by atoms with Crippen LogP contribution in [0, 0.1) is 5.82 Å². The smallest absolute Gasteiger partial charge is 0.273 e. The number of likely N-dealkylation sites (N-methyl/N-ethyl adjacent to an activating group) is 1. The summed E-state index contributed by atoms with van der Waals surface area (Å²) in [5.74, 6) is -0.536. The number of para-hydroxylation sites is 1. The summed E-state index contributed by atoms with van der Waals surface area (Å²) in [6.07, 6.45) is -0.413. The quantitative estimate of drug-likeness (QED) is 0.699. The first kappa shape index (κ1) is 16.7. The Bertz CT molecular complexity index is 968. The van der Waals surface area contributed by atoms with Crippen LogP contribution in [0.3, 0.4) is 0 Å². The Labute approximate surface area is 153 Å². The third-order valence-electron chi connectivity index (χ3n) is 4.20. The van der Waals surface area contributed by atoms with E-state index < -0.39 is 6.10 Å². The number of rotatable bonds is 4. The SMILES string of the molecule is CCN(C(=O)[C@H]1CC(c2cccc(F)c2)=NO1)c1nc2ccccc2s1. The molecule has 1 aromatic heterocycles. The number of carbonyl (C=O) groups is 1. The Morgan fingerprint density at radius 2 is 2.15 bits per heavy atom. The zero-order valence-electron chi connectivity index (χ0n) is 14.1. The summed E-state index contributed by atoms with van der Waals surface area (Å²) in [4.78, 5) is 24.4. The highest BCUT2D eigenvalue weighted by atomic mass is 32.1. The van der Waals surface area contributed by atoms with E-state index in [1.54, 1.807) is 17.0 Å². The molecule has 26 heavy (non-hydrogen) atoms. The summed E-state index contributed by atoms with van der Waals surface area (Å²) >= 11 is 1.47. The highest BCUT2D eigenvalue weighted by molar-refractivity contribution is 7.22. The van der Waals surface area contributed by atoms with E-state index in [1.165, 1.54) is 23.5 Å². The van der Waals surface area contributed by atoms with Crippen molar-refractivity contribution in [1.29, 1.82) is 0 Å². The summed E-state index contributed by atoms with van der Waals surface area (Å²) in [6.45, 7) is 2.38. The lowest BCUT2D eigenvalue weighted by molar-refractivity contribution is -0.128. The molecule has 1 atom stereocenters. The van der Waals surface area contributed by atoms with E-state index in [-0.39, 0.29) is 11.7 Å². The van der Waals surface area contributed by atoms with Gasteiger partial charge in [0.2, 0.25) is 6.10 Å². The molecule has 0 unspecified atom stereocenters. The van der Waals surface area contributed by atoms with Crippen molar-refractivity contribution in [3.8, 4) is 0 Å². The van der Waals surface area contributed by atoms with Gasteiger partial charge in [-0.1, -0.05) is 40.8 Å². The van der Waals surface area contributed by atoms with Gasteiger partial charge in [0.1, 0.15) is 5.82 Å². The maximum atomic E-state index is 13.4. The van der Waals surface area contributed by atoms with Crippen LogP contribution in [0.5, 0.6) is 0 Å². The topological polar surface area (TPSA) is 54.8 Å². The Hall–Kier alpha value is -2.80. The van der Waals surface area contributed by atoms with Crippen molar-refractivity contribution in [2.75, 3.05) is 11.4 Å². The van der Waals surface area contributed by atoms with E-state index in [9.17, 15) is 9.18 Å². The molecule has 1 aliphatic heterocycles. The molecule has 0 bridgehead atoms. The van der Waals surface area contributed by atoms with Crippen LogP contribution in [0.1, 0.15) is 18.9 Å². The summed E-state index contributed by atoms with van der Waals surface area (Å²) in [5.41, 5.74) is 2.06.